The maximum atomic E-state index is 10.9. The highest BCUT2D eigenvalue weighted by Gasteiger charge is 2.14. The molecular weight excluding hydrogens is 265 g/mol. The van der Waals surface area contributed by atoms with Crippen molar-refractivity contribution in [3.05, 3.63) is 33.9 Å². The molecule has 0 fully saturated rings. The zero-order valence-corrected chi connectivity index (χ0v) is 10.2. The summed E-state index contributed by atoms with van der Waals surface area (Å²) in [5.41, 5.74) is 0.467. The Labute approximate surface area is 107 Å². The summed E-state index contributed by atoms with van der Waals surface area (Å²) in [6.07, 6.45) is 1.20. The molecule has 4 nitrogen and oxygen atoms in total. The summed E-state index contributed by atoms with van der Waals surface area (Å²) < 4.78 is 5.04. The van der Waals surface area contributed by atoms with Crippen molar-refractivity contribution in [1.82, 2.24) is 4.98 Å². The summed E-state index contributed by atoms with van der Waals surface area (Å²) in [5, 5.41) is 9.94. The average Bonchev–Trinajstić information content (AvgIpc) is 2.28. The lowest BCUT2D eigenvalue weighted by atomic mass is 10.1. The van der Waals surface area contributed by atoms with E-state index in [1.165, 1.54) is 13.3 Å². The van der Waals surface area contributed by atoms with Crippen molar-refractivity contribution >= 4 is 40.1 Å². The number of hydrogen-bond donors (Lipinski definition) is 1. The standard InChI is InChI=1S/C11H7Cl2NO3/c1-17-9-2-5-8(3-7(9)12)14-4-6(10(5)13)11(15)16/h2-4H,1H3,(H,15,16). The van der Waals surface area contributed by atoms with E-state index in [2.05, 4.69) is 4.98 Å². The number of aromatic nitrogens is 1. The Hall–Kier alpha value is -1.52. The first kappa shape index (κ1) is 12.0. The van der Waals surface area contributed by atoms with E-state index in [9.17, 15) is 4.79 Å². The molecule has 0 bridgehead atoms. The first-order valence-corrected chi connectivity index (χ1v) is 5.35. The second kappa shape index (κ2) is 4.39. The highest BCUT2D eigenvalue weighted by Crippen LogP contribution is 2.33. The summed E-state index contributed by atoms with van der Waals surface area (Å²) in [7, 11) is 1.47. The third kappa shape index (κ3) is 2.01. The van der Waals surface area contributed by atoms with Crippen LogP contribution in [0.5, 0.6) is 5.75 Å². The molecule has 1 N–H and O–H groups in total. The molecule has 0 amide bonds. The maximum absolute atomic E-state index is 10.9. The van der Waals surface area contributed by atoms with E-state index in [4.69, 9.17) is 33.0 Å². The molecule has 0 aliphatic heterocycles. The van der Waals surface area contributed by atoms with Crippen molar-refractivity contribution in [2.24, 2.45) is 0 Å². The van der Waals surface area contributed by atoms with Crippen LogP contribution in [-0.2, 0) is 0 Å². The molecule has 0 atom stereocenters. The molecule has 0 spiro atoms. The molecule has 0 radical (unpaired) electrons. The molecule has 0 unspecified atom stereocenters. The number of methoxy groups -OCH3 is 1. The van der Waals surface area contributed by atoms with Crippen LogP contribution in [0.15, 0.2) is 18.3 Å². The summed E-state index contributed by atoms with van der Waals surface area (Å²) in [4.78, 5) is 14.9. The molecule has 88 valence electrons. The highest BCUT2D eigenvalue weighted by atomic mass is 35.5. The van der Waals surface area contributed by atoms with Crippen molar-refractivity contribution in [3.8, 4) is 5.75 Å². The highest BCUT2D eigenvalue weighted by molar-refractivity contribution is 6.39. The molecule has 6 heteroatoms. The number of rotatable bonds is 2. The fourth-order valence-electron chi connectivity index (χ4n) is 1.47. The van der Waals surface area contributed by atoms with Crippen LogP contribution in [-0.4, -0.2) is 23.2 Å². The van der Waals surface area contributed by atoms with Crippen molar-refractivity contribution in [2.45, 2.75) is 0 Å². The van der Waals surface area contributed by atoms with Crippen molar-refractivity contribution in [2.75, 3.05) is 7.11 Å². The quantitative estimate of drug-likeness (QED) is 0.911. The van der Waals surface area contributed by atoms with Gasteiger partial charge in [0.1, 0.15) is 5.75 Å². The van der Waals surface area contributed by atoms with Crippen LogP contribution < -0.4 is 4.74 Å². The molecule has 2 rings (SSSR count). The van der Waals surface area contributed by atoms with Crippen LogP contribution in [0.1, 0.15) is 10.4 Å². The van der Waals surface area contributed by atoms with E-state index >= 15 is 0 Å². The minimum Gasteiger partial charge on any atom is -0.495 e. The molecule has 0 saturated carbocycles. The fraction of sp³-hybridized carbons (Fsp3) is 0.0909. The summed E-state index contributed by atoms with van der Waals surface area (Å²) in [6.45, 7) is 0. The van der Waals surface area contributed by atoms with E-state index in [0.29, 0.717) is 21.7 Å². The number of benzene rings is 1. The van der Waals surface area contributed by atoms with Crippen LogP contribution in [0.2, 0.25) is 10.0 Å². The molecule has 0 aliphatic rings. The van der Waals surface area contributed by atoms with Gasteiger partial charge >= 0.3 is 5.97 Å². The van der Waals surface area contributed by atoms with Gasteiger partial charge in [0.2, 0.25) is 0 Å². The fourth-order valence-corrected chi connectivity index (χ4v) is 1.98. The average molecular weight is 272 g/mol. The van der Waals surface area contributed by atoms with Gasteiger partial charge in [0, 0.05) is 11.6 Å². The maximum Gasteiger partial charge on any atom is 0.338 e. The number of ether oxygens (including phenoxy) is 1. The molecule has 2 aromatic rings. The summed E-state index contributed by atoms with van der Waals surface area (Å²) in [5.74, 6) is -0.705. The van der Waals surface area contributed by atoms with E-state index < -0.39 is 5.97 Å². The molecule has 1 heterocycles. The number of aromatic carboxylic acids is 1. The molecule has 0 saturated heterocycles. The normalized spacial score (nSPS) is 10.5. The van der Waals surface area contributed by atoms with Gasteiger partial charge in [0.05, 0.1) is 28.2 Å². The number of carboxylic acid groups (broad SMARTS) is 1. The molecule has 0 aliphatic carbocycles. The lowest BCUT2D eigenvalue weighted by Crippen LogP contribution is -1.99. The van der Waals surface area contributed by atoms with Gasteiger partial charge in [-0.3, -0.25) is 4.98 Å². The van der Waals surface area contributed by atoms with Crippen LogP contribution in [0.3, 0.4) is 0 Å². The molecule has 1 aromatic heterocycles. The summed E-state index contributed by atoms with van der Waals surface area (Å²) >= 11 is 11.9. The summed E-state index contributed by atoms with van der Waals surface area (Å²) in [6, 6.07) is 3.15. The third-order valence-electron chi connectivity index (χ3n) is 2.31. The first-order chi connectivity index (χ1) is 8.04. The monoisotopic (exact) mass is 271 g/mol. The van der Waals surface area contributed by atoms with Crippen LogP contribution in [0.25, 0.3) is 10.9 Å². The van der Waals surface area contributed by atoms with Crippen molar-refractivity contribution < 1.29 is 14.6 Å². The number of hydrogen-bond acceptors (Lipinski definition) is 3. The Morgan fingerprint density at radius 1 is 1.41 bits per heavy atom. The van der Waals surface area contributed by atoms with Gasteiger partial charge in [-0.25, -0.2) is 4.79 Å². The lowest BCUT2D eigenvalue weighted by molar-refractivity contribution is 0.0697. The van der Waals surface area contributed by atoms with Crippen LogP contribution in [0.4, 0.5) is 0 Å². The molecule has 1 aromatic carbocycles. The van der Waals surface area contributed by atoms with Gasteiger partial charge in [0.15, 0.2) is 0 Å². The Bertz CT molecular complexity index is 613. The third-order valence-corrected chi connectivity index (χ3v) is 3.01. The topological polar surface area (TPSA) is 59.4 Å². The SMILES string of the molecule is COc1cc2c(Cl)c(C(=O)O)cnc2cc1Cl. The van der Waals surface area contributed by atoms with Gasteiger partial charge in [-0.05, 0) is 12.1 Å². The number of nitrogens with zero attached hydrogens (tertiary/aromatic N) is 1. The van der Waals surface area contributed by atoms with Crippen LogP contribution >= 0.6 is 23.2 Å². The lowest BCUT2D eigenvalue weighted by Gasteiger charge is -2.07. The Kier molecular flexibility index (Phi) is 3.09. The Morgan fingerprint density at radius 3 is 2.71 bits per heavy atom. The van der Waals surface area contributed by atoms with Crippen LogP contribution in [0, 0.1) is 0 Å². The molecule has 17 heavy (non-hydrogen) atoms. The largest absolute Gasteiger partial charge is 0.495 e. The van der Waals surface area contributed by atoms with Gasteiger partial charge in [-0.15, -0.1) is 0 Å². The predicted molar refractivity (Wildman–Crippen MR) is 65.3 cm³/mol. The Morgan fingerprint density at radius 2 is 2.12 bits per heavy atom. The van der Waals surface area contributed by atoms with E-state index in [-0.39, 0.29) is 10.6 Å². The van der Waals surface area contributed by atoms with Gasteiger partial charge in [-0.2, -0.15) is 0 Å². The number of halogens is 2. The number of carbonyl (C=O) groups is 1. The van der Waals surface area contributed by atoms with Gasteiger partial charge in [-0.1, -0.05) is 23.2 Å². The minimum absolute atomic E-state index is 0.0523. The zero-order valence-electron chi connectivity index (χ0n) is 8.70. The zero-order chi connectivity index (χ0) is 12.6. The minimum atomic E-state index is -1.13. The second-order valence-electron chi connectivity index (χ2n) is 3.29. The first-order valence-electron chi connectivity index (χ1n) is 4.59. The number of carboxylic acids is 1. The number of pyridine rings is 1. The van der Waals surface area contributed by atoms with Gasteiger partial charge in [0.25, 0.3) is 0 Å². The van der Waals surface area contributed by atoms with E-state index in [1.807, 2.05) is 0 Å². The number of fused-ring (bicyclic) bond motifs is 1. The van der Waals surface area contributed by atoms with Crippen molar-refractivity contribution in [1.29, 1.82) is 0 Å². The van der Waals surface area contributed by atoms with E-state index in [1.54, 1.807) is 12.1 Å². The van der Waals surface area contributed by atoms with Crippen molar-refractivity contribution in [3.63, 3.8) is 0 Å². The van der Waals surface area contributed by atoms with E-state index in [0.717, 1.165) is 0 Å². The Balaban J connectivity index is 2.80. The predicted octanol–water partition coefficient (Wildman–Crippen LogP) is 3.25. The molecular formula is C11H7Cl2NO3. The smallest absolute Gasteiger partial charge is 0.338 e. The van der Waals surface area contributed by atoms with Gasteiger partial charge < -0.3 is 9.84 Å². The second-order valence-corrected chi connectivity index (χ2v) is 4.08.